The van der Waals surface area contributed by atoms with Crippen LogP contribution in [0.25, 0.3) is 0 Å². The van der Waals surface area contributed by atoms with Crippen molar-refractivity contribution in [2.75, 3.05) is 40.1 Å². The molecule has 0 amide bonds. The monoisotopic (exact) mass is 400 g/mol. The highest BCUT2D eigenvalue weighted by Crippen LogP contribution is 2.32. The molecule has 0 bridgehead atoms. The molecule has 0 radical (unpaired) electrons. The van der Waals surface area contributed by atoms with E-state index in [1.807, 2.05) is 18.2 Å². The predicted molar refractivity (Wildman–Crippen MR) is 111 cm³/mol. The van der Waals surface area contributed by atoms with Gasteiger partial charge in [0.25, 0.3) is 0 Å². The molecule has 2 aromatic carbocycles. The average Bonchev–Trinajstić information content (AvgIpc) is 3.21. The van der Waals surface area contributed by atoms with Crippen molar-refractivity contribution in [1.82, 2.24) is 10.2 Å². The molecular formula is C21H26N3O3S+. The Morgan fingerprint density at radius 3 is 2.54 bits per heavy atom. The lowest BCUT2D eigenvalue weighted by molar-refractivity contribution is -0.917. The van der Waals surface area contributed by atoms with Gasteiger partial charge in [0.1, 0.15) is 12.3 Å². The topological polar surface area (TPSA) is 47.4 Å². The van der Waals surface area contributed by atoms with E-state index in [1.165, 1.54) is 11.1 Å². The number of nitrogens with one attached hydrogen (secondary N) is 2. The van der Waals surface area contributed by atoms with Crippen molar-refractivity contribution in [1.29, 1.82) is 0 Å². The Hall–Kier alpha value is -2.51. The molecule has 2 heterocycles. The fourth-order valence-corrected chi connectivity index (χ4v) is 3.83. The summed E-state index contributed by atoms with van der Waals surface area (Å²) in [5.41, 5.74) is 2.48. The number of rotatable bonds is 5. The van der Waals surface area contributed by atoms with Crippen LogP contribution >= 0.6 is 12.2 Å². The van der Waals surface area contributed by atoms with E-state index in [0.717, 1.165) is 61.6 Å². The Bertz CT molecular complexity index is 820. The van der Waals surface area contributed by atoms with Crippen LogP contribution < -0.4 is 24.4 Å². The van der Waals surface area contributed by atoms with Crippen LogP contribution in [-0.2, 0) is 13.1 Å². The highest BCUT2D eigenvalue weighted by atomic mass is 32.1. The minimum Gasteiger partial charge on any atom is -0.497 e. The number of methoxy groups -OCH3 is 1. The van der Waals surface area contributed by atoms with Crippen LogP contribution in [0.1, 0.15) is 11.1 Å². The maximum absolute atomic E-state index is 5.59. The molecule has 2 aliphatic heterocycles. The number of hydrogen-bond donors (Lipinski definition) is 2. The third-order valence-corrected chi connectivity index (χ3v) is 5.65. The molecule has 0 aliphatic carbocycles. The van der Waals surface area contributed by atoms with E-state index in [9.17, 15) is 0 Å². The smallest absolute Gasteiger partial charge is 0.231 e. The first kappa shape index (κ1) is 18.8. The minimum atomic E-state index is 0.325. The Kier molecular flexibility index (Phi) is 5.83. The SMILES string of the molecule is COc1ccc(CNC(=S)N2CC[NH+](Cc3ccc4c(c3)OCO4)CC2)cc1. The zero-order valence-corrected chi connectivity index (χ0v) is 16.9. The Balaban J connectivity index is 1.22. The number of ether oxygens (including phenoxy) is 3. The van der Waals surface area contributed by atoms with Gasteiger partial charge >= 0.3 is 0 Å². The van der Waals surface area contributed by atoms with E-state index in [4.69, 9.17) is 26.4 Å². The zero-order chi connectivity index (χ0) is 19.3. The average molecular weight is 401 g/mol. The molecule has 0 unspecified atom stereocenters. The molecule has 2 aromatic rings. The van der Waals surface area contributed by atoms with E-state index in [0.29, 0.717) is 6.79 Å². The number of thiocarbonyl (C=S) groups is 1. The van der Waals surface area contributed by atoms with Gasteiger partial charge in [-0.3, -0.25) is 0 Å². The quantitative estimate of drug-likeness (QED) is 0.736. The van der Waals surface area contributed by atoms with Gasteiger partial charge in [-0.25, -0.2) is 0 Å². The first-order valence-electron chi connectivity index (χ1n) is 9.59. The Morgan fingerprint density at radius 1 is 1.07 bits per heavy atom. The van der Waals surface area contributed by atoms with Gasteiger partial charge in [-0.15, -0.1) is 0 Å². The predicted octanol–water partition coefficient (Wildman–Crippen LogP) is 1.20. The molecule has 7 heteroatoms. The van der Waals surface area contributed by atoms with E-state index >= 15 is 0 Å². The molecule has 6 nitrogen and oxygen atoms in total. The van der Waals surface area contributed by atoms with Crippen molar-refractivity contribution in [2.24, 2.45) is 0 Å². The first-order chi connectivity index (χ1) is 13.7. The number of hydrogen-bond acceptors (Lipinski definition) is 4. The summed E-state index contributed by atoms with van der Waals surface area (Å²) in [4.78, 5) is 3.83. The van der Waals surface area contributed by atoms with Crippen molar-refractivity contribution in [3.63, 3.8) is 0 Å². The molecular weight excluding hydrogens is 374 g/mol. The molecule has 0 spiro atoms. The number of quaternary nitrogens is 1. The number of piperazine rings is 1. The van der Waals surface area contributed by atoms with Crippen LogP contribution in [0.15, 0.2) is 42.5 Å². The fourth-order valence-electron chi connectivity index (χ4n) is 3.58. The number of fused-ring (bicyclic) bond motifs is 1. The van der Waals surface area contributed by atoms with Crippen LogP contribution in [0.3, 0.4) is 0 Å². The van der Waals surface area contributed by atoms with E-state index in [1.54, 1.807) is 12.0 Å². The lowest BCUT2D eigenvalue weighted by atomic mass is 10.1. The molecule has 148 valence electrons. The highest BCUT2D eigenvalue weighted by Gasteiger charge is 2.22. The molecule has 0 atom stereocenters. The summed E-state index contributed by atoms with van der Waals surface area (Å²) in [5, 5.41) is 4.21. The van der Waals surface area contributed by atoms with Gasteiger partial charge in [-0.1, -0.05) is 12.1 Å². The van der Waals surface area contributed by atoms with Gasteiger partial charge in [0.2, 0.25) is 6.79 Å². The van der Waals surface area contributed by atoms with Crippen molar-refractivity contribution in [2.45, 2.75) is 13.1 Å². The number of benzene rings is 2. The van der Waals surface area contributed by atoms with Gasteiger partial charge in [0.15, 0.2) is 16.6 Å². The van der Waals surface area contributed by atoms with E-state index in [2.05, 4.69) is 34.5 Å². The molecule has 2 aliphatic rings. The maximum Gasteiger partial charge on any atom is 0.231 e. The van der Waals surface area contributed by atoms with Gasteiger partial charge in [0.05, 0.1) is 33.3 Å². The summed E-state index contributed by atoms with van der Waals surface area (Å²) in [6.45, 7) is 6.12. The largest absolute Gasteiger partial charge is 0.497 e. The standard InChI is InChI=1S/C21H25N3O3S/c1-25-18-5-2-16(3-6-18)13-22-21(28)24-10-8-23(9-11-24)14-17-4-7-19-20(12-17)27-15-26-19/h2-7,12H,8-11,13-15H2,1H3,(H,22,28)/p+1. The lowest BCUT2D eigenvalue weighted by Gasteiger charge is -2.34. The van der Waals surface area contributed by atoms with Crippen molar-refractivity contribution >= 4 is 17.3 Å². The lowest BCUT2D eigenvalue weighted by Crippen LogP contribution is -3.13. The van der Waals surface area contributed by atoms with E-state index < -0.39 is 0 Å². The van der Waals surface area contributed by atoms with Crippen molar-refractivity contribution in [3.8, 4) is 17.2 Å². The third kappa shape index (κ3) is 4.48. The van der Waals surface area contributed by atoms with Crippen molar-refractivity contribution < 1.29 is 19.1 Å². The second-order valence-corrected chi connectivity index (χ2v) is 7.49. The molecule has 0 saturated carbocycles. The molecule has 1 fully saturated rings. The Morgan fingerprint density at radius 2 is 1.79 bits per heavy atom. The van der Waals surface area contributed by atoms with Crippen LogP contribution in [0.2, 0.25) is 0 Å². The molecule has 28 heavy (non-hydrogen) atoms. The summed E-state index contributed by atoms with van der Waals surface area (Å²) in [7, 11) is 1.68. The summed E-state index contributed by atoms with van der Waals surface area (Å²) < 4.78 is 16.1. The summed E-state index contributed by atoms with van der Waals surface area (Å²) >= 11 is 5.59. The zero-order valence-electron chi connectivity index (χ0n) is 16.1. The van der Waals surface area contributed by atoms with Gasteiger partial charge in [-0.05, 0) is 48.1 Å². The van der Waals surface area contributed by atoms with E-state index in [-0.39, 0.29) is 0 Å². The van der Waals surface area contributed by atoms with Gasteiger partial charge in [0, 0.05) is 12.1 Å². The third-order valence-electron chi connectivity index (χ3n) is 5.25. The highest BCUT2D eigenvalue weighted by molar-refractivity contribution is 7.80. The van der Waals surface area contributed by atoms with Crippen LogP contribution in [0.4, 0.5) is 0 Å². The van der Waals surface area contributed by atoms with Crippen LogP contribution in [0, 0.1) is 0 Å². The Labute approximate surface area is 171 Å². The summed E-state index contributed by atoms with van der Waals surface area (Å²) in [5.74, 6) is 2.57. The number of nitrogens with zero attached hydrogens (tertiary/aromatic N) is 1. The second kappa shape index (κ2) is 8.67. The molecule has 2 N–H and O–H groups in total. The molecule has 0 aromatic heterocycles. The molecule has 4 rings (SSSR count). The fraction of sp³-hybridized carbons (Fsp3) is 0.381. The summed E-state index contributed by atoms with van der Waals surface area (Å²) in [6.07, 6.45) is 0. The minimum absolute atomic E-state index is 0.325. The normalized spacial score (nSPS) is 16.1. The van der Waals surface area contributed by atoms with Gasteiger partial charge in [-0.2, -0.15) is 0 Å². The van der Waals surface area contributed by atoms with Crippen LogP contribution in [0.5, 0.6) is 17.2 Å². The van der Waals surface area contributed by atoms with Crippen LogP contribution in [-0.4, -0.2) is 50.1 Å². The first-order valence-corrected chi connectivity index (χ1v) is 10.00. The molecule has 1 saturated heterocycles. The van der Waals surface area contributed by atoms with Gasteiger partial charge < -0.3 is 29.3 Å². The second-order valence-electron chi connectivity index (χ2n) is 7.11. The van der Waals surface area contributed by atoms with Crippen molar-refractivity contribution in [3.05, 3.63) is 53.6 Å². The summed E-state index contributed by atoms with van der Waals surface area (Å²) in [6, 6.07) is 14.3. The maximum atomic E-state index is 5.59.